The van der Waals surface area contributed by atoms with Gasteiger partial charge in [0, 0.05) is 11.8 Å². The quantitative estimate of drug-likeness (QED) is 0.602. The van der Waals surface area contributed by atoms with Crippen molar-refractivity contribution < 1.29 is 9.84 Å². The Balaban J connectivity index is 2.30. The molecule has 1 N–H and O–H groups in total. The highest BCUT2D eigenvalue weighted by molar-refractivity contribution is 4.99. The molecule has 3 atom stereocenters. The third kappa shape index (κ3) is 0.882. The summed E-state index contributed by atoms with van der Waals surface area (Å²) in [6, 6.07) is 0. The van der Waals surface area contributed by atoms with E-state index in [4.69, 9.17) is 4.74 Å². The Morgan fingerprint density at radius 3 is 2.83 bits per heavy atom. The van der Waals surface area contributed by atoms with Crippen molar-refractivity contribution in [2.24, 2.45) is 11.3 Å². The van der Waals surface area contributed by atoms with E-state index in [0.29, 0.717) is 5.92 Å². The van der Waals surface area contributed by atoms with Crippen LogP contribution in [0, 0.1) is 11.3 Å². The molecule has 0 aromatic rings. The fourth-order valence-electron chi connectivity index (χ4n) is 2.75. The number of hydrogen-bond donors (Lipinski definition) is 1. The van der Waals surface area contributed by atoms with Gasteiger partial charge in [0.15, 0.2) is 5.79 Å². The first kappa shape index (κ1) is 8.52. The second-order valence-electron chi connectivity index (χ2n) is 4.59. The fourth-order valence-corrected chi connectivity index (χ4v) is 2.75. The van der Waals surface area contributed by atoms with E-state index in [1.54, 1.807) is 0 Å². The number of rotatable bonds is 0. The zero-order valence-electron chi connectivity index (χ0n) is 7.97. The van der Waals surface area contributed by atoms with Crippen molar-refractivity contribution in [2.75, 3.05) is 6.61 Å². The lowest BCUT2D eigenvalue weighted by Gasteiger charge is -2.46. The predicted octanol–water partition coefficient (Wildman–Crippen LogP) is 1.92. The van der Waals surface area contributed by atoms with E-state index in [9.17, 15) is 5.11 Å². The summed E-state index contributed by atoms with van der Waals surface area (Å²) in [5.41, 5.74) is 0.0191. The largest absolute Gasteiger partial charge is 0.365 e. The number of aliphatic hydroxyl groups is 1. The topological polar surface area (TPSA) is 29.5 Å². The molecule has 2 fully saturated rings. The molecule has 12 heavy (non-hydrogen) atoms. The van der Waals surface area contributed by atoms with Crippen molar-refractivity contribution >= 4 is 0 Å². The number of ether oxygens (including phenoxy) is 1. The van der Waals surface area contributed by atoms with Gasteiger partial charge in [-0.15, -0.1) is 0 Å². The van der Waals surface area contributed by atoms with Crippen LogP contribution in [-0.2, 0) is 4.74 Å². The minimum Gasteiger partial charge on any atom is -0.365 e. The van der Waals surface area contributed by atoms with Crippen LogP contribution in [0.4, 0.5) is 0 Å². The van der Waals surface area contributed by atoms with E-state index in [1.165, 1.54) is 6.42 Å². The van der Waals surface area contributed by atoms with Crippen LogP contribution in [-0.4, -0.2) is 17.5 Å². The molecular weight excluding hydrogens is 152 g/mol. The van der Waals surface area contributed by atoms with Crippen molar-refractivity contribution in [3.63, 3.8) is 0 Å². The fraction of sp³-hybridized carbons (Fsp3) is 1.00. The molecule has 1 aliphatic carbocycles. The van der Waals surface area contributed by atoms with Gasteiger partial charge in [0.05, 0.1) is 6.61 Å². The summed E-state index contributed by atoms with van der Waals surface area (Å²) in [6.07, 6.45) is 4.19. The Kier molecular flexibility index (Phi) is 1.74. The van der Waals surface area contributed by atoms with Crippen molar-refractivity contribution in [3.8, 4) is 0 Å². The summed E-state index contributed by atoms with van der Waals surface area (Å²) in [5.74, 6) is -0.205. The van der Waals surface area contributed by atoms with Crippen LogP contribution >= 0.6 is 0 Å². The maximum Gasteiger partial charge on any atom is 0.171 e. The summed E-state index contributed by atoms with van der Waals surface area (Å²) in [4.78, 5) is 0. The van der Waals surface area contributed by atoms with E-state index in [0.717, 1.165) is 25.9 Å². The maximum atomic E-state index is 10.2. The van der Waals surface area contributed by atoms with Crippen molar-refractivity contribution in [3.05, 3.63) is 0 Å². The Hall–Kier alpha value is -0.0800. The van der Waals surface area contributed by atoms with Gasteiger partial charge in [-0.1, -0.05) is 13.8 Å². The highest BCUT2D eigenvalue weighted by Gasteiger charge is 2.56. The highest BCUT2D eigenvalue weighted by atomic mass is 16.6. The van der Waals surface area contributed by atoms with Gasteiger partial charge < -0.3 is 9.84 Å². The average Bonchev–Trinajstić information content (AvgIpc) is 2.30. The molecule has 0 amide bonds. The zero-order chi connectivity index (χ0) is 8.82. The smallest absolute Gasteiger partial charge is 0.171 e. The van der Waals surface area contributed by atoms with Crippen LogP contribution in [0.3, 0.4) is 0 Å². The predicted molar refractivity (Wildman–Crippen MR) is 46.6 cm³/mol. The van der Waals surface area contributed by atoms with Crippen LogP contribution < -0.4 is 0 Å². The molecule has 0 aromatic heterocycles. The van der Waals surface area contributed by atoms with Gasteiger partial charge in [0.25, 0.3) is 0 Å². The standard InChI is InChI=1S/C10H18O2/c1-8-4-3-5-10(11)9(8,2)6-7-12-10/h8,11H,3-7H2,1-2H3/t8-,9+,10-/m1/s1. The van der Waals surface area contributed by atoms with Gasteiger partial charge in [-0.05, 0) is 25.2 Å². The lowest BCUT2D eigenvalue weighted by molar-refractivity contribution is -0.251. The van der Waals surface area contributed by atoms with Crippen LogP contribution in [0.5, 0.6) is 0 Å². The highest BCUT2D eigenvalue weighted by Crippen LogP contribution is 2.54. The molecule has 2 aliphatic rings. The van der Waals surface area contributed by atoms with E-state index in [-0.39, 0.29) is 5.41 Å². The van der Waals surface area contributed by atoms with Crippen LogP contribution in [0.2, 0.25) is 0 Å². The van der Waals surface area contributed by atoms with Gasteiger partial charge in [-0.3, -0.25) is 0 Å². The van der Waals surface area contributed by atoms with Gasteiger partial charge in [-0.2, -0.15) is 0 Å². The van der Waals surface area contributed by atoms with Crippen molar-refractivity contribution in [1.29, 1.82) is 0 Å². The maximum absolute atomic E-state index is 10.2. The molecule has 0 aromatic carbocycles. The lowest BCUT2D eigenvalue weighted by Crippen LogP contribution is -2.49. The Morgan fingerprint density at radius 2 is 2.17 bits per heavy atom. The molecule has 1 saturated carbocycles. The van der Waals surface area contributed by atoms with E-state index in [2.05, 4.69) is 13.8 Å². The summed E-state index contributed by atoms with van der Waals surface area (Å²) in [7, 11) is 0. The monoisotopic (exact) mass is 170 g/mol. The second-order valence-corrected chi connectivity index (χ2v) is 4.59. The first-order chi connectivity index (χ1) is 5.58. The minimum atomic E-state index is -0.801. The molecule has 2 rings (SSSR count). The van der Waals surface area contributed by atoms with Gasteiger partial charge >= 0.3 is 0 Å². The second kappa shape index (κ2) is 2.46. The van der Waals surface area contributed by atoms with Gasteiger partial charge in [0.2, 0.25) is 0 Å². The summed E-state index contributed by atoms with van der Waals surface area (Å²) < 4.78 is 5.47. The van der Waals surface area contributed by atoms with Gasteiger partial charge in [0.1, 0.15) is 0 Å². The molecule has 0 bridgehead atoms. The Bertz CT molecular complexity index is 192. The molecule has 1 saturated heterocycles. The molecule has 70 valence electrons. The third-order valence-corrected chi connectivity index (χ3v) is 4.10. The van der Waals surface area contributed by atoms with E-state index in [1.807, 2.05) is 0 Å². The van der Waals surface area contributed by atoms with Crippen molar-refractivity contribution in [1.82, 2.24) is 0 Å². The Morgan fingerprint density at radius 1 is 1.42 bits per heavy atom. The SMILES string of the molecule is C[C@@H]1CCC[C@@]2(O)OCC[C@@]12C. The molecule has 0 spiro atoms. The molecule has 0 unspecified atom stereocenters. The number of fused-ring (bicyclic) bond motifs is 1. The van der Waals surface area contributed by atoms with Crippen LogP contribution in [0.1, 0.15) is 39.5 Å². The van der Waals surface area contributed by atoms with Gasteiger partial charge in [-0.25, -0.2) is 0 Å². The summed E-state index contributed by atoms with van der Waals surface area (Å²) in [5, 5.41) is 10.2. The van der Waals surface area contributed by atoms with Crippen LogP contribution in [0.25, 0.3) is 0 Å². The minimum absolute atomic E-state index is 0.0191. The van der Waals surface area contributed by atoms with Crippen LogP contribution in [0.15, 0.2) is 0 Å². The van der Waals surface area contributed by atoms with E-state index < -0.39 is 5.79 Å². The third-order valence-electron chi connectivity index (χ3n) is 4.10. The molecule has 1 aliphatic heterocycles. The normalized spacial score (nSPS) is 53.8. The lowest BCUT2D eigenvalue weighted by atomic mass is 9.64. The number of hydrogen-bond acceptors (Lipinski definition) is 2. The summed E-state index contributed by atoms with van der Waals surface area (Å²) in [6.45, 7) is 5.14. The molecule has 2 heteroatoms. The Labute approximate surface area is 73.9 Å². The molecule has 1 heterocycles. The zero-order valence-corrected chi connectivity index (χ0v) is 7.97. The average molecular weight is 170 g/mol. The first-order valence-corrected chi connectivity index (χ1v) is 4.95. The first-order valence-electron chi connectivity index (χ1n) is 4.95. The molecule has 0 radical (unpaired) electrons. The summed E-state index contributed by atoms with van der Waals surface area (Å²) >= 11 is 0. The van der Waals surface area contributed by atoms with E-state index >= 15 is 0 Å². The molecule has 2 nitrogen and oxygen atoms in total. The van der Waals surface area contributed by atoms with Crippen molar-refractivity contribution in [2.45, 2.75) is 45.3 Å². The molecular formula is C10H18O2.